The first kappa shape index (κ1) is 21.8. The van der Waals surface area contributed by atoms with E-state index in [4.69, 9.17) is 4.74 Å². The fourth-order valence-electron chi connectivity index (χ4n) is 4.86. The molecule has 1 saturated carbocycles. The molecule has 0 unspecified atom stereocenters. The molecule has 0 amide bonds. The molecule has 1 aliphatic heterocycles. The molecule has 3 rings (SSSR count). The molecule has 0 aromatic heterocycles. The molecule has 2 aliphatic rings. The van der Waals surface area contributed by atoms with Crippen molar-refractivity contribution in [1.82, 2.24) is 9.80 Å². The van der Waals surface area contributed by atoms with Gasteiger partial charge in [-0.25, -0.2) is 0 Å². The molecule has 1 N–H and O–H groups in total. The Labute approximate surface area is 171 Å². The van der Waals surface area contributed by atoms with Crippen molar-refractivity contribution >= 4 is 0 Å². The summed E-state index contributed by atoms with van der Waals surface area (Å²) >= 11 is 0. The largest absolute Gasteiger partial charge is 0.389 e. The third-order valence-corrected chi connectivity index (χ3v) is 6.65. The molecule has 1 saturated heterocycles. The van der Waals surface area contributed by atoms with Gasteiger partial charge in [0.1, 0.15) is 0 Å². The predicted octanol–water partition coefficient (Wildman–Crippen LogP) is 3.64. The molecule has 1 aliphatic carbocycles. The van der Waals surface area contributed by atoms with Crippen LogP contribution in [0.25, 0.3) is 0 Å². The van der Waals surface area contributed by atoms with E-state index in [2.05, 4.69) is 60.9 Å². The lowest BCUT2D eigenvalue weighted by Gasteiger charge is -2.38. The normalized spacial score (nSPS) is 28.5. The van der Waals surface area contributed by atoms with Crippen molar-refractivity contribution in [2.24, 2.45) is 17.8 Å². The SMILES string of the molecule is CC(C)[C@@H]1CC[C@H](C)C[C@H]1OC[C@H](O)CN1CCN(Cc2ccccc2)CC1. The van der Waals surface area contributed by atoms with Gasteiger partial charge in [0.15, 0.2) is 0 Å². The Kier molecular flexibility index (Phi) is 8.34. The molecular weight excluding hydrogens is 348 g/mol. The van der Waals surface area contributed by atoms with Gasteiger partial charge in [-0.15, -0.1) is 0 Å². The van der Waals surface area contributed by atoms with E-state index in [1.54, 1.807) is 0 Å². The first-order valence-electron chi connectivity index (χ1n) is 11.3. The van der Waals surface area contributed by atoms with Gasteiger partial charge in [-0.3, -0.25) is 9.80 Å². The van der Waals surface area contributed by atoms with E-state index in [1.807, 2.05) is 0 Å². The molecule has 4 nitrogen and oxygen atoms in total. The average molecular weight is 389 g/mol. The standard InChI is InChI=1S/C24H40N2O2/c1-19(2)23-10-9-20(3)15-24(23)28-18-22(27)17-26-13-11-25(12-14-26)16-21-7-5-4-6-8-21/h4-8,19-20,22-24,27H,9-18H2,1-3H3/t20-,22+,23-,24+/m0/s1. The highest BCUT2D eigenvalue weighted by Gasteiger charge is 2.32. The number of hydrogen-bond acceptors (Lipinski definition) is 4. The minimum Gasteiger partial charge on any atom is -0.389 e. The second-order valence-corrected chi connectivity index (χ2v) is 9.41. The number of piperazine rings is 1. The monoisotopic (exact) mass is 388 g/mol. The van der Waals surface area contributed by atoms with Gasteiger partial charge in [-0.2, -0.15) is 0 Å². The van der Waals surface area contributed by atoms with E-state index >= 15 is 0 Å². The quantitative estimate of drug-likeness (QED) is 0.738. The van der Waals surface area contributed by atoms with Crippen molar-refractivity contribution in [3.8, 4) is 0 Å². The zero-order valence-corrected chi connectivity index (χ0v) is 18.1. The van der Waals surface area contributed by atoms with Crippen molar-refractivity contribution in [2.75, 3.05) is 39.3 Å². The van der Waals surface area contributed by atoms with Gasteiger partial charge in [0, 0.05) is 39.3 Å². The second kappa shape index (κ2) is 10.7. The Bertz CT molecular complexity index is 557. The zero-order valence-electron chi connectivity index (χ0n) is 18.1. The average Bonchev–Trinajstić information content (AvgIpc) is 2.68. The van der Waals surface area contributed by atoms with Gasteiger partial charge in [0.05, 0.1) is 18.8 Å². The molecule has 158 valence electrons. The third-order valence-electron chi connectivity index (χ3n) is 6.65. The van der Waals surface area contributed by atoms with Crippen LogP contribution in [0.2, 0.25) is 0 Å². The molecule has 4 heteroatoms. The molecule has 28 heavy (non-hydrogen) atoms. The van der Waals surface area contributed by atoms with E-state index in [-0.39, 0.29) is 6.10 Å². The summed E-state index contributed by atoms with van der Waals surface area (Å²) in [5.41, 5.74) is 1.38. The van der Waals surface area contributed by atoms with Crippen molar-refractivity contribution < 1.29 is 9.84 Å². The minimum absolute atomic E-state index is 0.320. The Hall–Kier alpha value is -0.940. The van der Waals surface area contributed by atoms with E-state index in [1.165, 1.54) is 18.4 Å². The summed E-state index contributed by atoms with van der Waals surface area (Å²) in [6.07, 6.45) is 3.67. The Morgan fingerprint density at radius 1 is 1.04 bits per heavy atom. The molecule has 1 heterocycles. The lowest BCUT2D eigenvalue weighted by Crippen LogP contribution is -2.49. The fourth-order valence-corrected chi connectivity index (χ4v) is 4.86. The van der Waals surface area contributed by atoms with E-state index in [0.717, 1.165) is 51.6 Å². The van der Waals surface area contributed by atoms with Crippen LogP contribution in [0.15, 0.2) is 30.3 Å². The van der Waals surface area contributed by atoms with Gasteiger partial charge < -0.3 is 9.84 Å². The summed E-state index contributed by atoms with van der Waals surface area (Å²) in [4.78, 5) is 4.89. The topological polar surface area (TPSA) is 35.9 Å². The molecular formula is C24H40N2O2. The number of benzene rings is 1. The number of aliphatic hydroxyl groups excluding tert-OH is 1. The summed E-state index contributed by atoms with van der Waals surface area (Å²) < 4.78 is 6.24. The fraction of sp³-hybridized carbons (Fsp3) is 0.750. The van der Waals surface area contributed by atoms with E-state index in [9.17, 15) is 5.11 Å². The lowest BCUT2D eigenvalue weighted by atomic mass is 9.75. The summed E-state index contributed by atoms with van der Waals surface area (Å²) in [5.74, 6) is 2.05. The highest BCUT2D eigenvalue weighted by molar-refractivity contribution is 5.14. The van der Waals surface area contributed by atoms with Gasteiger partial charge in [0.25, 0.3) is 0 Å². The summed E-state index contributed by atoms with van der Waals surface area (Å²) in [7, 11) is 0. The first-order valence-corrected chi connectivity index (χ1v) is 11.3. The van der Waals surface area contributed by atoms with Crippen LogP contribution in [0.3, 0.4) is 0 Å². The number of aliphatic hydroxyl groups is 1. The maximum absolute atomic E-state index is 10.5. The molecule has 0 spiro atoms. The van der Waals surface area contributed by atoms with Crippen molar-refractivity contribution in [3.05, 3.63) is 35.9 Å². The number of ether oxygens (including phenoxy) is 1. The highest BCUT2D eigenvalue weighted by atomic mass is 16.5. The van der Waals surface area contributed by atoms with Gasteiger partial charge in [-0.05, 0) is 36.2 Å². The van der Waals surface area contributed by atoms with Crippen LogP contribution in [0.1, 0.15) is 45.6 Å². The maximum atomic E-state index is 10.5. The second-order valence-electron chi connectivity index (χ2n) is 9.41. The van der Waals surface area contributed by atoms with Crippen molar-refractivity contribution in [1.29, 1.82) is 0 Å². The Morgan fingerprint density at radius 2 is 1.71 bits per heavy atom. The summed E-state index contributed by atoms with van der Waals surface area (Å²) in [6, 6.07) is 10.7. The van der Waals surface area contributed by atoms with Crippen molar-refractivity contribution in [2.45, 2.75) is 58.8 Å². The van der Waals surface area contributed by atoms with Crippen LogP contribution in [0.4, 0.5) is 0 Å². The number of nitrogens with zero attached hydrogens (tertiary/aromatic N) is 2. The smallest absolute Gasteiger partial charge is 0.0900 e. The summed E-state index contributed by atoms with van der Waals surface area (Å²) in [6.45, 7) is 13.4. The first-order chi connectivity index (χ1) is 13.5. The molecule has 1 aromatic rings. The molecule has 4 atom stereocenters. The van der Waals surface area contributed by atoms with Crippen LogP contribution in [0, 0.1) is 17.8 Å². The van der Waals surface area contributed by atoms with Crippen LogP contribution >= 0.6 is 0 Å². The van der Waals surface area contributed by atoms with Crippen LogP contribution in [-0.2, 0) is 11.3 Å². The molecule has 2 fully saturated rings. The minimum atomic E-state index is -0.384. The molecule has 0 radical (unpaired) electrons. The molecule has 0 bridgehead atoms. The highest BCUT2D eigenvalue weighted by Crippen LogP contribution is 2.35. The van der Waals surface area contributed by atoms with E-state index < -0.39 is 0 Å². The van der Waals surface area contributed by atoms with Crippen molar-refractivity contribution in [3.63, 3.8) is 0 Å². The van der Waals surface area contributed by atoms with E-state index in [0.29, 0.717) is 24.5 Å². The number of hydrogen-bond donors (Lipinski definition) is 1. The Balaban J connectivity index is 1.36. The zero-order chi connectivity index (χ0) is 19.9. The van der Waals surface area contributed by atoms with Crippen LogP contribution in [0.5, 0.6) is 0 Å². The molecule has 1 aromatic carbocycles. The lowest BCUT2D eigenvalue weighted by molar-refractivity contribution is -0.0755. The maximum Gasteiger partial charge on any atom is 0.0900 e. The van der Waals surface area contributed by atoms with Gasteiger partial charge in [0.2, 0.25) is 0 Å². The van der Waals surface area contributed by atoms with Crippen LogP contribution < -0.4 is 0 Å². The summed E-state index contributed by atoms with van der Waals surface area (Å²) in [5, 5.41) is 10.5. The Morgan fingerprint density at radius 3 is 2.39 bits per heavy atom. The van der Waals surface area contributed by atoms with Gasteiger partial charge >= 0.3 is 0 Å². The van der Waals surface area contributed by atoms with Gasteiger partial charge in [-0.1, -0.05) is 57.5 Å². The predicted molar refractivity (Wildman–Crippen MR) is 115 cm³/mol. The third kappa shape index (κ3) is 6.55. The number of β-amino-alcohol motifs (C(OH)–C–C–N with tert-alkyl or cyclic N) is 1. The number of rotatable bonds is 8. The van der Waals surface area contributed by atoms with Crippen LogP contribution in [-0.4, -0.2) is 66.4 Å².